The minimum atomic E-state index is -0.271. The van der Waals surface area contributed by atoms with E-state index in [-0.39, 0.29) is 17.9 Å². The highest BCUT2D eigenvalue weighted by Crippen LogP contribution is 2.26. The normalized spacial score (nSPS) is 24.6. The summed E-state index contributed by atoms with van der Waals surface area (Å²) in [5, 5.41) is 13.3. The molecule has 1 aliphatic carbocycles. The van der Waals surface area contributed by atoms with Gasteiger partial charge in [-0.3, -0.25) is 4.79 Å². The van der Waals surface area contributed by atoms with Crippen molar-refractivity contribution in [3.8, 4) is 0 Å². The van der Waals surface area contributed by atoms with Gasteiger partial charge in [-0.15, -0.1) is 0 Å². The maximum absolute atomic E-state index is 11.8. The van der Waals surface area contributed by atoms with Crippen LogP contribution >= 0.6 is 0 Å². The number of aliphatic hydroxyl groups excluding tert-OH is 1. The van der Waals surface area contributed by atoms with Gasteiger partial charge in [0.25, 0.3) is 5.91 Å². The van der Waals surface area contributed by atoms with Crippen LogP contribution < -0.4 is 0 Å². The Hall–Kier alpha value is -1.36. The van der Waals surface area contributed by atoms with Crippen LogP contribution in [0, 0.1) is 5.92 Å². The van der Waals surface area contributed by atoms with Gasteiger partial charge >= 0.3 is 0 Å². The molecule has 1 fully saturated rings. The van der Waals surface area contributed by atoms with E-state index in [1.807, 2.05) is 0 Å². The summed E-state index contributed by atoms with van der Waals surface area (Å²) in [6, 6.07) is 1.55. The highest BCUT2D eigenvalue weighted by atomic mass is 16.5. The van der Waals surface area contributed by atoms with Crippen LogP contribution in [0.1, 0.15) is 29.8 Å². The molecule has 88 valence electrons. The third-order valence-corrected chi connectivity index (χ3v) is 3.13. The molecule has 5 heteroatoms. The molecule has 0 spiro atoms. The van der Waals surface area contributed by atoms with Crippen LogP contribution in [0.25, 0.3) is 0 Å². The van der Waals surface area contributed by atoms with Gasteiger partial charge in [-0.2, -0.15) is 0 Å². The largest absolute Gasteiger partial charge is 0.393 e. The molecule has 0 radical (unpaired) electrons. The van der Waals surface area contributed by atoms with E-state index in [9.17, 15) is 9.90 Å². The molecule has 16 heavy (non-hydrogen) atoms. The van der Waals surface area contributed by atoms with Crippen molar-refractivity contribution in [2.45, 2.75) is 25.4 Å². The SMILES string of the molecule is CN(CC1CCCC1O)C(=O)c1ccon1. The lowest BCUT2D eigenvalue weighted by Crippen LogP contribution is -2.34. The first-order chi connectivity index (χ1) is 7.68. The molecule has 1 aromatic rings. The summed E-state index contributed by atoms with van der Waals surface area (Å²) < 4.78 is 4.63. The lowest BCUT2D eigenvalue weighted by molar-refractivity contribution is 0.0684. The van der Waals surface area contributed by atoms with Gasteiger partial charge in [-0.05, 0) is 12.8 Å². The van der Waals surface area contributed by atoms with Gasteiger partial charge in [0.1, 0.15) is 6.26 Å². The second-order valence-electron chi connectivity index (χ2n) is 4.33. The molecule has 1 aliphatic rings. The highest BCUT2D eigenvalue weighted by Gasteiger charge is 2.28. The Morgan fingerprint density at radius 2 is 2.50 bits per heavy atom. The van der Waals surface area contributed by atoms with Crippen LogP contribution in [0.4, 0.5) is 0 Å². The van der Waals surface area contributed by atoms with Gasteiger partial charge in [-0.25, -0.2) is 0 Å². The molecular weight excluding hydrogens is 208 g/mol. The van der Waals surface area contributed by atoms with E-state index in [1.54, 1.807) is 18.0 Å². The number of carbonyl (C=O) groups excluding carboxylic acids is 1. The summed E-state index contributed by atoms with van der Waals surface area (Å²) in [7, 11) is 1.72. The molecule has 1 N–H and O–H groups in total. The lowest BCUT2D eigenvalue weighted by atomic mass is 10.1. The first-order valence-electron chi connectivity index (χ1n) is 5.52. The van der Waals surface area contributed by atoms with Crippen LogP contribution in [0.15, 0.2) is 16.9 Å². The van der Waals surface area contributed by atoms with Crippen molar-refractivity contribution in [3.63, 3.8) is 0 Å². The number of hydrogen-bond donors (Lipinski definition) is 1. The predicted molar refractivity (Wildman–Crippen MR) is 56.8 cm³/mol. The van der Waals surface area contributed by atoms with Crippen LogP contribution in [0.3, 0.4) is 0 Å². The lowest BCUT2D eigenvalue weighted by Gasteiger charge is -2.22. The van der Waals surface area contributed by atoms with Crippen molar-refractivity contribution in [2.24, 2.45) is 5.92 Å². The Labute approximate surface area is 94.0 Å². The van der Waals surface area contributed by atoms with Gasteiger partial charge in [0, 0.05) is 25.6 Å². The van der Waals surface area contributed by atoms with E-state index >= 15 is 0 Å². The Bertz CT molecular complexity index is 350. The Balaban J connectivity index is 1.93. The van der Waals surface area contributed by atoms with Gasteiger partial charge in [-0.1, -0.05) is 11.6 Å². The quantitative estimate of drug-likeness (QED) is 0.828. The van der Waals surface area contributed by atoms with Gasteiger partial charge < -0.3 is 14.5 Å². The average molecular weight is 224 g/mol. The third kappa shape index (κ3) is 2.24. The van der Waals surface area contributed by atoms with Crippen molar-refractivity contribution in [1.82, 2.24) is 10.1 Å². The van der Waals surface area contributed by atoms with Crippen molar-refractivity contribution < 1.29 is 14.4 Å². The smallest absolute Gasteiger partial charge is 0.275 e. The average Bonchev–Trinajstić information content (AvgIpc) is 2.89. The minimum Gasteiger partial charge on any atom is -0.393 e. The van der Waals surface area contributed by atoms with Gasteiger partial charge in [0.05, 0.1) is 6.10 Å². The van der Waals surface area contributed by atoms with Crippen LogP contribution in [0.2, 0.25) is 0 Å². The zero-order valence-electron chi connectivity index (χ0n) is 9.30. The number of carbonyl (C=O) groups is 1. The minimum absolute atomic E-state index is 0.159. The summed E-state index contributed by atoms with van der Waals surface area (Å²) in [6.45, 7) is 0.576. The topological polar surface area (TPSA) is 66.6 Å². The summed E-state index contributed by atoms with van der Waals surface area (Å²) in [5.41, 5.74) is 0.315. The number of hydrogen-bond acceptors (Lipinski definition) is 4. The molecule has 0 aliphatic heterocycles. The second-order valence-corrected chi connectivity index (χ2v) is 4.33. The fraction of sp³-hybridized carbons (Fsp3) is 0.636. The van der Waals surface area contributed by atoms with E-state index in [0.29, 0.717) is 12.2 Å². The number of rotatable bonds is 3. The van der Waals surface area contributed by atoms with Crippen LogP contribution in [-0.4, -0.2) is 40.8 Å². The maximum Gasteiger partial charge on any atom is 0.275 e. The fourth-order valence-corrected chi connectivity index (χ4v) is 2.18. The van der Waals surface area contributed by atoms with E-state index in [1.165, 1.54) is 6.26 Å². The zero-order valence-corrected chi connectivity index (χ0v) is 9.30. The standard InChI is InChI=1S/C11H16N2O3/c1-13(7-8-3-2-4-10(8)14)11(15)9-5-6-16-12-9/h5-6,8,10,14H,2-4,7H2,1H3. The zero-order chi connectivity index (χ0) is 11.5. The van der Waals surface area contributed by atoms with E-state index < -0.39 is 0 Å². The Kier molecular flexibility index (Phi) is 3.24. The van der Waals surface area contributed by atoms with E-state index in [0.717, 1.165) is 19.3 Å². The molecule has 0 aromatic carbocycles. The maximum atomic E-state index is 11.8. The van der Waals surface area contributed by atoms with Crippen LogP contribution in [0.5, 0.6) is 0 Å². The summed E-state index contributed by atoms with van der Waals surface area (Å²) in [5.74, 6) is 0.0358. The Morgan fingerprint density at radius 3 is 3.06 bits per heavy atom. The van der Waals surface area contributed by atoms with Crippen molar-refractivity contribution in [2.75, 3.05) is 13.6 Å². The van der Waals surface area contributed by atoms with Gasteiger partial charge in [0.15, 0.2) is 5.69 Å². The molecule has 2 rings (SSSR count). The number of aromatic nitrogens is 1. The molecule has 0 saturated heterocycles. The molecule has 1 aromatic heterocycles. The second kappa shape index (κ2) is 4.65. The first-order valence-corrected chi connectivity index (χ1v) is 5.52. The molecule has 5 nitrogen and oxygen atoms in total. The number of nitrogens with zero attached hydrogens (tertiary/aromatic N) is 2. The highest BCUT2D eigenvalue weighted by molar-refractivity contribution is 5.91. The van der Waals surface area contributed by atoms with E-state index in [4.69, 9.17) is 0 Å². The monoisotopic (exact) mass is 224 g/mol. The van der Waals surface area contributed by atoms with Crippen molar-refractivity contribution >= 4 is 5.91 Å². The molecule has 1 amide bonds. The van der Waals surface area contributed by atoms with Gasteiger partial charge in [0.2, 0.25) is 0 Å². The van der Waals surface area contributed by atoms with E-state index in [2.05, 4.69) is 9.68 Å². The molecule has 1 heterocycles. The fourth-order valence-electron chi connectivity index (χ4n) is 2.18. The number of amides is 1. The third-order valence-electron chi connectivity index (χ3n) is 3.13. The van der Waals surface area contributed by atoms with Crippen molar-refractivity contribution in [1.29, 1.82) is 0 Å². The summed E-state index contributed by atoms with van der Waals surface area (Å²) in [6.07, 6.45) is 3.98. The van der Waals surface area contributed by atoms with Crippen molar-refractivity contribution in [3.05, 3.63) is 18.0 Å². The summed E-state index contributed by atoms with van der Waals surface area (Å²) in [4.78, 5) is 13.4. The molecule has 2 atom stereocenters. The molecule has 1 saturated carbocycles. The molecular formula is C11H16N2O3. The molecule has 2 unspecified atom stereocenters. The number of aliphatic hydroxyl groups is 1. The Morgan fingerprint density at radius 1 is 1.69 bits per heavy atom. The predicted octanol–water partition coefficient (Wildman–Crippen LogP) is 0.908. The van der Waals surface area contributed by atoms with Crippen LogP contribution in [-0.2, 0) is 0 Å². The molecule has 0 bridgehead atoms. The summed E-state index contributed by atoms with van der Waals surface area (Å²) >= 11 is 0. The first kappa shape index (κ1) is 11.1.